The van der Waals surface area contributed by atoms with Gasteiger partial charge in [-0.05, 0) is 18.2 Å². The van der Waals surface area contributed by atoms with Gasteiger partial charge in [-0.2, -0.15) is 9.78 Å². The molecule has 0 atom stereocenters. The first-order valence-electron chi connectivity index (χ1n) is 9.79. The van der Waals surface area contributed by atoms with Crippen molar-refractivity contribution in [3.8, 4) is 17.1 Å². The maximum Gasteiger partial charge on any atom is 0.341 e. The molecule has 1 N–H and O–H groups in total. The van der Waals surface area contributed by atoms with Crippen LogP contribution >= 0.6 is 15.9 Å². The summed E-state index contributed by atoms with van der Waals surface area (Å²) >= 11 is 3.20. The summed E-state index contributed by atoms with van der Waals surface area (Å²) in [6.07, 6.45) is 1.19. The average molecular weight is 523 g/mol. The Balaban J connectivity index is 1.92. The van der Waals surface area contributed by atoms with Crippen LogP contribution in [0.25, 0.3) is 22.3 Å². The van der Waals surface area contributed by atoms with Gasteiger partial charge in [0.2, 0.25) is 5.75 Å². The Morgan fingerprint density at radius 2 is 1.88 bits per heavy atom. The number of halogens is 1. The summed E-state index contributed by atoms with van der Waals surface area (Å²) in [5.41, 5.74) is 0.315. The number of fused-ring (bicyclic) bond motifs is 1. The van der Waals surface area contributed by atoms with E-state index >= 15 is 0 Å². The number of benzene rings is 3. The van der Waals surface area contributed by atoms with Crippen molar-refractivity contribution in [1.29, 1.82) is 0 Å². The van der Waals surface area contributed by atoms with Crippen LogP contribution in [0.15, 0.2) is 81.1 Å². The molecule has 0 aliphatic heterocycles. The van der Waals surface area contributed by atoms with Gasteiger partial charge in [0.1, 0.15) is 0 Å². The molecule has 0 spiro atoms. The number of aliphatic carboxylic acids is 1. The smallest absolute Gasteiger partial charge is 0.341 e. The molecule has 0 saturated heterocycles. The maximum absolute atomic E-state index is 13.3. The number of nitrogens with zero attached hydrogens (tertiary/aromatic N) is 4. The van der Waals surface area contributed by atoms with Gasteiger partial charge in [0.05, 0.1) is 22.0 Å². The van der Waals surface area contributed by atoms with E-state index in [1.807, 2.05) is 6.07 Å². The molecule has 0 amide bonds. The molecule has 0 fully saturated rings. The van der Waals surface area contributed by atoms with Crippen LogP contribution in [0.2, 0.25) is 0 Å². The topological polar surface area (TPSA) is 137 Å². The van der Waals surface area contributed by atoms with E-state index in [1.165, 1.54) is 18.3 Å². The zero-order valence-electron chi connectivity index (χ0n) is 17.3. The fraction of sp³-hybridized carbons (Fsp3) is 0.0435. The number of aromatic nitrogens is 2. The molecule has 0 bridgehead atoms. The van der Waals surface area contributed by atoms with Crippen molar-refractivity contribution >= 4 is 44.7 Å². The zero-order valence-corrected chi connectivity index (χ0v) is 18.9. The number of hydrogen-bond acceptors (Lipinski definition) is 7. The van der Waals surface area contributed by atoms with E-state index in [0.29, 0.717) is 20.9 Å². The highest BCUT2D eigenvalue weighted by molar-refractivity contribution is 9.10. The van der Waals surface area contributed by atoms with E-state index in [-0.39, 0.29) is 17.1 Å². The van der Waals surface area contributed by atoms with Gasteiger partial charge in [0.15, 0.2) is 12.4 Å². The van der Waals surface area contributed by atoms with E-state index in [2.05, 4.69) is 26.0 Å². The summed E-state index contributed by atoms with van der Waals surface area (Å²) in [5.74, 6) is -1.33. The third-order valence-electron chi connectivity index (χ3n) is 4.70. The van der Waals surface area contributed by atoms with Crippen molar-refractivity contribution in [2.45, 2.75) is 0 Å². The molecule has 3 aromatic carbocycles. The minimum absolute atomic E-state index is 0.0985. The van der Waals surface area contributed by atoms with E-state index in [0.717, 1.165) is 4.68 Å². The largest absolute Gasteiger partial charge is 0.479 e. The number of nitro benzene ring substituents is 1. The van der Waals surface area contributed by atoms with Crippen LogP contribution in [0.3, 0.4) is 0 Å². The highest BCUT2D eigenvalue weighted by Gasteiger charge is 2.21. The first kappa shape index (κ1) is 22.8. The van der Waals surface area contributed by atoms with E-state index in [4.69, 9.17) is 9.84 Å². The fourth-order valence-electron chi connectivity index (χ4n) is 3.25. The summed E-state index contributed by atoms with van der Waals surface area (Å²) in [4.78, 5) is 39.7. The second kappa shape index (κ2) is 9.63. The van der Waals surface area contributed by atoms with Crippen molar-refractivity contribution < 1.29 is 19.6 Å². The lowest BCUT2D eigenvalue weighted by Gasteiger charge is -2.11. The van der Waals surface area contributed by atoms with Crippen LogP contribution in [-0.4, -0.2) is 38.5 Å². The van der Waals surface area contributed by atoms with Crippen LogP contribution in [0.4, 0.5) is 5.69 Å². The van der Waals surface area contributed by atoms with Crippen molar-refractivity contribution in [3.05, 3.63) is 97.2 Å². The molecule has 10 nitrogen and oxygen atoms in total. The van der Waals surface area contributed by atoms with Crippen molar-refractivity contribution in [1.82, 2.24) is 9.66 Å². The summed E-state index contributed by atoms with van der Waals surface area (Å²) in [6.45, 7) is -0.796. The number of ether oxygens (including phenoxy) is 1. The molecule has 0 aliphatic carbocycles. The van der Waals surface area contributed by atoms with Crippen molar-refractivity contribution in [2.24, 2.45) is 5.10 Å². The number of nitro groups is 1. The van der Waals surface area contributed by atoms with Gasteiger partial charge in [-0.15, -0.1) is 0 Å². The Bertz CT molecular complexity index is 1500. The Hall–Kier alpha value is -4.38. The number of carboxylic acids is 1. The van der Waals surface area contributed by atoms with E-state index < -0.39 is 28.7 Å². The zero-order chi connectivity index (χ0) is 24.2. The van der Waals surface area contributed by atoms with Gasteiger partial charge in [-0.25, -0.2) is 9.78 Å². The third kappa shape index (κ3) is 4.69. The molecule has 170 valence electrons. The van der Waals surface area contributed by atoms with Crippen LogP contribution in [0.1, 0.15) is 5.56 Å². The summed E-state index contributed by atoms with van der Waals surface area (Å²) in [5, 5.41) is 25.1. The monoisotopic (exact) mass is 522 g/mol. The van der Waals surface area contributed by atoms with Gasteiger partial charge in [0.25, 0.3) is 5.56 Å². The highest BCUT2D eigenvalue weighted by Crippen LogP contribution is 2.34. The lowest BCUT2D eigenvalue weighted by atomic mass is 10.2. The fourth-order valence-corrected chi connectivity index (χ4v) is 3.71. The Morgan fingerprint density at radius 3 is 2.59 bits per heavy atom. The molecule has 0 unspecified atom stereocenters. The average Bonchev–Trinajstić information content (AvgIpc) is 2.82. The minimum atomic E-state index is -1.30. The number of hydrogen-bond donors (Lipinski definition) is 1. The normalized spacial score (nSPS) is 11.1. The van der Waals surface area contributed by atoms with Gasteiger partial charge in [-0.1, -0.05) is 58.4 Å². The predicted molar refractivity (Wildman–Crippen MR) is 128 cm³/mol. The molecule has 0 radical (unpaired) electrons. The SMILES string of the molecule is O=C(O)COc1c(C=Nn2c(-c3ccccc3)nc3ccccc3c2=O)cc(Br)cc1[N+](=O)[O-]. The van der Waals surface area contributed by atoms with E-state index in [9.17, 15) is 19.7 Å². The molecule has 1 heterocycles. The lowest BCUT2D eigenvalue weighted by molar-refractivity contribution is -0.385. The second-order valence-electron chi connectivity index (χ2n) is 6.96. The minimum Gasteiger partial charge on any atom is -0.479 e. The molecule has 0 aliphatic rings. The lowest BCUT2D eigenvalue weighted by Crippen LogP contribution is -2.20. The number of carboxylic acid groups (broad SMARTS) is 1. The molecule has 11 heteroatoms. The number of carbonyl (C=O) groups is 1. The third-order valence-corrected chi connectivity index (χ3v) is 5.16. The molecule has 1 aromatic heterocycles. The molecule has 34 heavy (non-hydrogen) atoms. The predicted octanol–water partition coefficient (Wildman–Crippen LogP) is 4.08. The summed E-state index contributed by atoms with van der Waals surface area (Å²) in [7, 11) is 0. The molecule has 0 saturated carbocycles. The maximum atomic E-state index is 13.3. The Labute approximate surface area is 200 Å². The quantitative estimate of drug-likeness (QED) is 0.219. The first-order chi connectivity index (χ1) is 16.3. The van der Waals surface area contributed by atoms with Gasteiger partial charge in [-0.3, -0.25) is 14.9 Å². The van der Waals surface area contributed by atoms with Gasteiger partial charge >= 0.3 is 11.7 Å². The summed E-state index contributed by atoms with van der Waals surface area (Å²) in [6, 6.07) is 18.4. The van der Waals surface area contributed by atoms with Crippen molar-refractivity contribution in [2.75, 3.05) is 6.61 Å². The molecular weight excluding hydrogens is 508 g/mol. The molecule has 4 aromatic rings. The Kier molecular flexibility index (Phi) is 6.46. The van der Waals surface area contributed by atoms with Gasteiger partial charge < -0.3 is 9.84 Å². The van der Waals surface area contributed by atoms with Crippen LogP contribution in [0.5, 0.6) is 5.75 Å². The number of para-hydroxylation sites is 1. The van der Waals surface area contributed by atoms with Crippen LogP contribution in [0, 0.1) is 10.1 Å². The highest BCUT2D eigenvalue weighted by atomic mass is 79.9. The molecular formula is C23H15BrN4O6. The first-order valence-corrected chi connectivity index (χ1v) is 10.6. The standard InChI is InChI=1S/C23H15BrN4O6/c24-16-10-15(21(34-13-20(29)30)19(11-16)28(32)33)12-25-27-22(14-6-2-1-3-7-14)26-18-9-5-4-8-17(18)23(27)31/h1-12H,13H2,(H,29,30). The van der Waals surface area contributed by atoms with E-state index in [1.54, 1.807) is 48.5 Å². The number of rotatable bonds is 7. The molecule has 4 rings (SSSR count). The Morgan fingerprint density at radius 1 is 1.18 bits per heavy atom. The summed E-state index contributed by atoms with van der Waals surface area (Å²) < 4.78 is 6.63. The van der Waals surface area contributed by atoms with Gasteiger partial charge in [0, 0.05) is 21.7 Å². The second-order valence-corrected chi connectivity index (χ2v) is 7.88. The van der Waals surface area contributed by atoms with Crippen LogP contribution < -0.4 is 10.3 Å². The van der Waals surface area contributed by atoms with Crippen LogP contribution in [-0.2, 0) is 4.79 Å². The van der Waals surface area contributed by atoms with Crippen molar-refractivity contribution in [3.63, 3.8) is 0 Å².